The number of ether oxygens (including phenoxy) is 2. The van der Waals surface area contributed by atoms with Gasteiger partial charge in [0.2, 0.25) is 0 Å². The largest absolute Gasteiger partial charge is 0.485 e. The Morgan fingerprint density at radius 2 is 1.83 bits per heavy atom. The average molecular weight is 354 g/mol. The first-order chi connectivity index (χ1) is 8.47. The molecule has 3 nitrogen and oxygen atoms in total. The van der Waals surface area contributed by atoms with Gasteiger partial charge in [-0.25, -0.2) is 0 Å². The number of benzene rings is 1. The maximum absolute atomic E-state index is 11.6. The molecule has 1 unspecified atom stereocenters. The summed E-state index contributed by atoms with van der Waals surface area (Å²) in [5, 5.41) is 1.13. The van der Waals surface area contributed by atoms with Gasteiger partial charge in [0.1, 0.15) is 6.61 Å². The predicted molar refractivity (Wildman–Crippen MR) is 74.6 cm³/mol. The fourth-order valence-corrected chi connectivity index (χ4v) is 2.58. The molecule has 1 atom stereocenters. The third-order valence-corrected chi connectivity index (χ3v) is 4.46. The lowest BCUT2D eigenvalue weighted by molar-refractivity contribution is -0.125. The van der Waals surface area contributed by atoms with Crippen LogP contribution in [-0.4, -0.2) is 23.8 Å². The molecule has 0 N–H and O–H groups in total. The van der Waals surface area contributed by atoms with Crippen LogP contribution >= 0.6 is 39.1 Å². The summed E-state index contributed by atoms with van der Waals surface area (Å²) < 4.78 is 11.3. The number of ketones is 1. The standard InChI is InChI=1S/C12H11BrCl2O3/c1-5-9(14)10(15)6(2)12-11(5)17-4-8(18-12)7(16)3-13/h8H,3-4H2,1-2H3. The van der Waals surface area contributed by atoms with Gasteiger partial charge in [-0.2, -0.15) is 0 Å². The molecule has 6 heteroatoms. The third kappa shape index (κ3) is 2.22. The van der Waals surface area contributed by atoms with Gasteiger partial charge in [0.05, 0.1) is 15.4 Å². The Bertz CT molecular complexity index is 517. The number of carbonyl (C=O) groups excluding carboxylic acids is 1. The van der Waals surface area contributed by atoms with E-state index < -0.39 is 6.10 Å². The van der Waals surface area contributed by atoms with Gasteiger partial charge in [-0.3, -0.25) is 4.79 Å². The smallest absolute Gasteiger partial charge is 0.191 e. The maximum Gasteiger partial charge on any atom is 0.191 e. The number of hydrogen-bond acceptors (Lipinski definition) is 3. The Morgan fingerprint density at radius 1 is 1.28 bits per heavy atom. The molecule has 0 amide bonds. The van der Waals surface area contributed by atoms with Crippen LogP contribution in [0, 0.1) is 13.8 Å². The Hall–Kier alpha value is -0.450. The molecule has 2 rings (SSSR count). The minimum atomic E-state index is -0.604. The summed E-state index contributed by atoms with van der Waals surface area (Å²) in [6, 6.07) is 0. The van der Waals surface area contributed by atoms with E-state index in [4.69, 9.17) is 32.7 Å². The van der Waals surface area contributed by atoms with Crippen LogP contribution in [-0.2, 0) is 4.79 Å². The van der Waals surface area contributed by atoms with Crippen LogP contribution in [0.5, 0.6) is 11.5 Å². The molecule has 0 saturated carbocycles. The van der Waals surface area contributed by atoms with E-state index in [1.807, 2.05) is 6.92 Å². The van der Waals surface area contributed by atoms with Crippen molar-refractivity contribution < 1.29 is 14.3 Å². The molecule has 0 spiro atoms. The van der Waals surface area contributed by atoms with E-state index in [9.17, 15) is 4.79 Å². The molecule has 0 radical (unpaired) electrons. The molecule has 1 aromatic rings. The summed E-state index contributed by atoms with van der Waals surface area (Å²) >= 11 is 15.3. The zero-order chi connectivity index (χ0) is 13.4. The van der Waals surface area contributed by atoms with E-state index >= 15 is 0 Å². The van der Waals surface area contributed by atoms with Crippen LogP contribution in [0.25, 0.3) is 0 Å². The second-order valence-electron chi connectivity index (χ2n) is 4.05. The molecule has 1 aliphatic heterocycles. The molecule has 1 aliphatic rings. The highest BCUT2D eigenvalue weighted by Crippen LogP contribution is 2.46. The molecule has 0 fully saturated rings. The van der Waals surface area contributed by atoms with Crippen molar-refractivity contribution in [2.24, 2.45) is 0 Å². The number of alkyl halides is 1. The van der Waals surface area contributed by atoms with Crippen LogP contribution in [0.3, 0.4) is 0 Å². The lowest BCUT2D eigenvalue weighted by atomic mass is 10.1. The highest BCUT2D eigenvalue weighted by molar-refractivity contribution is 9.09. The first kappa shape index (κ1) is 14.0. The lowest BCUT2D eigenvalue weighted by Crippen LogP contribution is -2.37. The highest BCUT2D eigenvalue weighted by atomic mass is 79.9. The lowest BCUT2D eigenvalue weighted by Gasteiger charge is -2.28. The van der Waals surface area contributed by atoms with E-state index in [1.165, 1.54) is 0 Å². The van der Waals surface area contributed by atoms with Crippen LogP contribution in [0.1, 0.15) is 11.1 Å². The zero-order valence-corrected chi connectivity index (χ0v) is 12.9. The summed E-state index contributed by atoms with van der Waals surface area (Å²) in [6.07, 6.45) is -0.604. The van der Waals surface area contributed by atoms with Crippen molar-refractivity contribution >= 4 is 44.9 Å². The second kappa shape index (κ2) is 5.27. The second-order valence-corrected chi connectivity index (χ2v) is 5.37. The van der Waals surface area contributed by atoms with E-state index in [1.54, 1.807) is 6.92 Å². The molecule has 0 aromatic heterocycles. The Kier molecular flexibility index (Phi) is 4.09. The summed E-state index contributed by atoms with van der Waals surface area (Å²) in [5.41, 5.74) is 1.42. The quantitative estimate of drug-likeness (QED) is 0.760. The van der Waals surface area contributed by atoms with E-state index in [0.29, 0.717) is 27.1 Å². The molecule has 0 saturated heterocycles. The molecular weight excluding hydrogens is 343 g/mol. The topological polar surface area (TPSA) is 35.5 Å². The molecule has 98 valence electrons. The molecule has 0 bridgehead atoms. The zero-order valence-electron chi connectivity index (χ0n) is 9.85. The van der Waals surface area contributed by atoms with Crippen molar-refractivity contribution in [1.29, 1.82) is 0 Å². The van der Waals surface area contributed by atoms with Gasteiger partial charge in [-0.1, -0.05) is 39.1 Å². The average Bonchev–Trinajstić information content (AvgIpc) is 2.41. The fraction of sp³-hybridized carbons (Fsp3) is 0.417. The Morgan fingerprint density at radius 3 is 2.39 bits per heavy atom. The van der Waals surface area contributed by atoms with Crippen molar-refractivity contribution in [3.05, 3.63) is 21.2 Å². The van der Waals surface area contributed by atoms with Crippen molar-refractivity contribution in [1.82, 2.24) is 0 Å². The number of hydrogen-bond donors (Lipinski definition) is 0. The van der Waals surface area contributed by atoms with Crippen molar-refractivity contribution in [2.75, 3.05) is 11.9 Å². The van der Waals surface area contributed by atoms with Crippen molar-refractivity contribution in [2.45, 2.75) is 20.0 Å². The van der Waals surface area contributed by atoms with Gasteiger partial charge >= 0.3 is 0 Å². The van der Waals surface area contributed by atoms with E-state index in [0.717, 1.165) is 5.56 Å². The summed E-state index contributed by atoms with van der Waals surface area (Å²) in [5.74, 6) is 1.01. The minimum absolute atomic E-state index is 0.0659. The van der Waals surface area contributed by atoms with E-state index in [-0.39, 0.29) is 17.7 Å². The predicted octanol–water partition coefficient (Wildman–Crippen LogP) is 3.71. The first-order valence-corrected chi connectivity index (χ1v) is 7.21. The number of halogens is 3. The van der Waals surface area contributed by atoms with Gasteiger partial charge < -0.3 is 9.47 Å². The highest BCUT2D eigenvalue weighted by Gasteiger charge is 2.31. The summed E-state index contributed by atoms with van der Waals surface area (Å²) in [6.45, 7) is 3.79. The van der Waals surface area contributed by atoms with Crippen LogP contribution < -0.4 is 9.47 Å². The minimum Gasteiger partial charge on any atom is -0.485 e. The van der Waals surface area contributed by atoms with Crippen LogP contribution in [0.2, 0.25) is 10.0 Å². The summed E-state index contributed by atoms with van der Waals surface area (Å²) in [7, 11) is 0. The third-order valence-electron chi connectivity index (χ3n) is 2.87. The van der Waals surface area contributed by atoms with Crippen molar-refractivity contribution in [3.8, 4) is 11.5 Å². The number of Topliss-reactive ketones (excluding diaryl/α,β-unsaturated/α-hetero) is 1. The number of fused-ring (bicyclic) bond motifs is 1. The summed E-state index contributed by atoms with van der Waals surface area (Å²) in [4.78, 5) is 11.6. The number of carbonyl (C=O) groups is 1. The van der Waals surface area contributed by atoms with Gasteiger partial charge in [0.15, 0.2) is 23.4 Å². The van der Waals surface area contributed by atoms with Gasteiger partial charge in [0, 0.05) is 11.1 Å². The molecule has 1 aromatic carbocycles. The van der Waals surface area contributed by atoms with Crippen molar-refractivity contribution in [3.63, 3.8) is 0 Å². The first-order valence-electron chi connectivity index (χ1n) is 5.33. The Labute approximate surface area is 123 Å². The molecule has 18 heavy (non-hydrogen) atoms. The van der Waals surface area contributed by atoms with Gasteiger partial charge in [-0.15, -0.1) is 0 Å². The molecule has 0 aliphatic carbocycles. The molecular formula is C12H11BrCl2O3. The van der Waals surface area contributed by atoms with Crippen LogP contribution in [0.4, 0.5) is 0 Å². The van der Waals surface area contributed by atoms with Crippen LogP contribution in [0.15, 0.2) is 0 Å². The van der Waals surface area contributed by atoms with Gasteiger partial charge in [0.25, 0.3) is 0 Å². The normalized spacial score (nSPS) is 17.7. The fourth-order valence-electron chi connectivity index (χ4n) is 1.76. The number of rotatable bonds is 2. The monoisotopic (exact) mass is 352 g/mol. The SMILES string of the molecule is Cc1c(Cl)c(Cl)c(C)c2c1OCC(C(=O)CBr)O2. The van der Waals surface area contributed by atoms with E-state index in [2.05, 4.69) is 15.9 Å². The maximum atomic E-state index is 11.6. The van der Waals surface area contributed by atoms with Gasteiger partial charge in [-0.05, 0) is 13.8 Å². The molecule has 1 heterocycles. The Balaban J connectivity index is 2.47.